The number of hydrogen-bond donors (Lipinski definition) is 1. The second-order valence-electron chi connectivity index (χ2n) is 6.30. The van der Waals surface area contributed by atoms with Crippen molar-refractivity contribution in [3.63, 3.8) is 0 Å². The molecule has 0 aliphatic heterocycles. The van der Waals surface area contributed by atoms with Gasteiger partial charge in [-0.15, -0.1) is 0 Å². The number of hydrogen-bond acceptors (Lipinski definition) is 3. The molecule has 0 aliphatic rings. The highest BCUT2D eigenvalue weighted by molar-refractivity contribution is 9.10. The first-order valence-corrected chi connectivity index (χ1v) is 9.58. The molecule has 0 saturated carbocycles. The fourth-order valence-electron chi connectivity index (χ4n) is 3.13. The Bertz CT molecular complexity index is 1150. The van der Waals surface area contributed by atoms with E-state index in [-0.39, 0.29) is 12.5 Å². The largest absolute Gasteiger partial charge is 0.497 e. The number of ether oxygens (including phenoxy) is 1. The number of amides is 1. The van der Waals surface area contributed by atoms with Crippen LogP contribution >= 0.6 is 15.9 Å². The van der Waals surface area contributed by atoms with Crippen LogP contribution in [0.5, 0.6) is 5.75 Å². The van der Waals surface area contributed by atoms with Crippen molar-refractivity contribution in [3.05, 3.63) is 77.3 Å². The number of halogens is 1. The SMILES string of the molecule is COc1cccc(-c2nc3ccccc3n2CC(=O)Nc2cccc(Br)c2)c1. The van der Waals surface area contributed by atoms with Crippen molar-refractivity contribution in [2.45, 2.75) is 6.54 Å². The van der Waals surface area contributed by atoms with E-state index in [2.05, 4.69) is 21.2 Å². The Morgan fingerprint density at radius 2 is 1.89 bits per heavy atom. The Labute approximate surface area is 171 Å². The van der Waals surface area contributed by atoms with Gasteiger partial charge < -0.3 is 14.6 Å². The average molecular weight is 436 g/mol. The van der Waals surface area contributed by atoms with E-state index in [9.17, 15) is 4.79 Å². The number of aromatic nitrogens is 2. The number of anilines is 1. The minimum Gasteiger partial charge on any atom is -0.497 e. The molecule has 1 aromatic heterocycles. The fourth-order valence-corrected chi connectivity index (χ4v) is 3.53. The summed E-state index contributed by atoms with van der Waals surface area (Å²) in [4.78, 5) is 17.5. The monoisotopic (exact) mass is 435 g/mol. The van der Waals surface area contributed by atoms with Crippen LogP contribution in [0.4, 0.5) is 5.69 Å². The van der Waals surface area contributed by atoms with Crippen LogP contribution in [0.1, 0.15) is 0 Å². The van der Waals surface area contributed by atoms with Gasteiger partial charge in [0.25, 0.3) is 0 Å². The molecule has 4 aromatic rings. The topological polar surface area (TPSA) is 56.2 Å². The molecule has 0 fully saturated rings. The summed E-state index contributed by atoms with van der Waals surface area (Å²) in [6.07, 6.45) is 0. The molecule has 1 N–H and O–H groups in total. The molecule has 4 rings (SSSR count). The van der Waals surface area contributed by atoms with Crippen LogP contribution in [-0.2, 0) is 11.3 Å². The number of methoxy groups -OCH3 is 1. The van der Waals surface area contributed by atoms with Gasteiger partial charge in [-0.1, -0.05) is 46.3 Å². The van der Waals surface area contributed by atoms with E-state index in [0.717, 1.165) is 38.3 Å². The summed E-state index contributed by atoms with van der Waals surface area (Å²) in [6.45, 7) is 0.152. The summed E-state index contributed by atoms with van der Waals surface area (Å²) in [5, 5.41) is 2.94. The molecule has 140 valence electrons. The van der Waals surface area contributed by atoms with E-state index in [0.29, 0.717) is 0 Å². The van der Waals surface area contributed by atoms with Gasteiger partial charge in [-0.25, -0.2) is 4.98 Å². The van der Waals surface area contributed by atoms with Gasteiger partial charge in [-0.3, -0.25) is 4.79 Å². The molecule has 0 saturated heterocycles. The molecule has 0 unspecified atom stereocenters. The molecule has 6 heteroatoms. The maximum absolute atomic E-state index is 12.7. The van der Waals surface area contributed by atoms with Crippen molar-refractivity contribution >= 4 is 38.6 Å². The van der Waals surface area contributed by atoms with Crippen LogP contribution in [0.3, 0.4) is 0 Å². The molecule has 0 radical (unpaired) electrons. The number of carbonyl (C=O) groups excluding carboxylic acids is 1. The summed E-state index contributed by atoms with van der Waals surface area (Å²) >= 11 is 3.42. The number of para-hydroxylation sites is 2. The first-order valence-electron chi connectivity index (χ1n) is 8.79. The number of nitrogens with zero attached hydrogens (tertiary/aromatic N) is 2. The zero-order valence-electron chi connectivity index (χ0n) is 15.2. The molecule has 3 aromatic carbocycles. The molecule has 0 bridgehead atoms. The van der Waals surface area contributed by atoms with Gasteiger partial charge in [0.05, 0.1) is 18.1 Å². The Hall–Kier alpha value is -3.12. The van der Waals surface area contributed by atoms with Gasteiger partial charge in [0, 0.05) is 15.7 Å². The van der Waals surface area contributed by atoms with Crippen molar-refractivity contribution in [3.8, 4) is 17.1 Å². The van der Waals surface area contributed by atoms with Gasteiger partial charge in [-0.05, 0) is 42.5 Å². The van der Waals surface area contributed by atoms with Crippen molar-refractivity contribution in [1.29, 1.82) is 0 Å². The fraction of sp³-hybridized carbons (Fsp3) is 0.0909. The maximum Gasteiger partial charge on any atom is 0.244 e. The lowest BCUT2D eigenvalue weighted by molar-refractivity contribution is -0.116. The first-order chi connectivity index (χ1) is 13.6. The number of carbonyl (C=O) groups is 1. The lowest BCUT2D eigenvalue weighted by atomic mass is 10.2. The van der Waals surface area contributed by atoms with Crippen molar-refractivity contribution in [2.24, 2.45) is 0 Å². The second kappa shape index (κ2) is 7.86. The van der Waals surface area contributed by atoms with Gasteiger partial charge in [0.1, 0.15) is 18.1 Å². The predicted molar refractivity (Wildman–Crippen MR) is 114 cm³/mol. The zero-order chi connectivity index (χ0) is 19.5. The van der Waals surface area contributed by atoms with Gasteiger partial charge in [-0.2, -0.15) is 0 Å². The summed E-state index contributed by atoms with van der Waals surface area (Å²) in [5.74, 6) is 1.35. The summed E-state index contributed by atoms with van der Waals surface area (Å²) in [7, 11) is 1.63. The third kappa shape index (κ3) is 3.77. The summed E-state index contributed by atoms with van der Waals surface area (Å²) in [6, 6.07) is 23.0. The average Bonchev–Trinajstić information content (AvgIpc) is 3.06. The van der Waals surface area contributed by atoms with Gasteiger partial charge in [0.2, 0.25) is 5.91 Å². The first kappa shape index (κ1) is 18.3. The molecule has 0 aliphatic carbocycles. The highest BCUT2D eigenvalue weighted by Gasteiger charge is 2.16. The molecule has 5 nitrogen and oxygen atoms in total. The van der Waals surface area contributed by atoms with E-state index in [1.54, 1.807) is 7.11 Å². The van der Waals surface area contributed by atoms with Crippen LogP contribution in [-0.4, -0.2) is 22.6 Å². The Balaban J connectivity index is 1.71. The number of benzene rings is 3. The second-order valence-corrected chi connectivity index (χ2v) is 7.22. The minimum absolute atomic E-state index is 0.120. The normalized spacial score (nSPS) is 10.8. The molecule has 0 atom stereocenters. The van der Waals surface area contributed by atoms with Gasteiger partial charge >= 0.3 is 0 Å². The van der Waals surface area contributed by atoms with Crippen LogP contribution in [0.25, 0.3) is 22.4 Å². The van der Waals surface area contributed by atoms with Crippen molar-refractivity contribution in [1.82, 2.24) is 9.55 Å². The predicted octanol–water partition coefficient (Wildman–Crippen LogP) is 5.11. The number of nitrogens with one attached hydrogen (secondary N) is 1. The maximum atomic E-state index is 12.7. The Morgan fingerprint density at radius 3 is 2.71 bits per heavy atom. The van der Waals surface area contributed by atoms with Gasteiger partial charge in [0.15, 0.2) is 0 Å². The van der Waals surface area contributed by atoms with Crippen LogP contribution in [0.15, 0.2) is 77.3 Å². The van der Waals surface area contributed by atoms with E-state index in [1.807, 2.05) is 77.4 Å². The molecule has 0 spiro atoms. The molecule has 1 heterocycles. The smallest absolute Gasteiger partial charge is 0.244 e. The minimum atomic E-state index is -0.120. The molecule has 28 heavy (non-hydrogen) atoms. The Kier molecular flexibility index (Phi) is 5.12. The van der Waals surface area contributed by atoms with Crippen LogP contribution < -0.4 is 10.1 Å². The van der Waals surface area contributed by atoms with E-state index in [1.165, 1.54) is 0 Å². The lowest BCUT2D eigenvalue weighted by Crippen LogP contribution is -2.19. The van der Waals surface area contributed by atoms with E-state index >= 15 is 0 Å². The third-order valence-corrected chi connectivity index (χ3v) is 4.89. The zero-order valence-corrected chi connectivity index (χ0v) is 16.8. The summed E-state index contributed by atoms with van der Waals surface area (Å²) in [5.41, 5.74) is 3.39. The number of fused-ring (bicyclic) bond motifs is 1. The highest BCUT2D eigenvalue weighted by Crippen LogP contribution is 2.27. The van der Waals surface area contributed by atoms with Crippen molar-refractivity contribution in [2.75, 3.05) is 12.4 Å². The lowest BCUT2D eigenvalue weighted by Gasteiger charge is -2.11. The standard InChI is InChI=1S/C22H18BrN3O2/c1-28-18-9-4-6-15(12-18)22-25-19-10-2-3-11-20(19)26(22)14-21(27)24-17-8-5-7-16(23)13-17/h2-13H,14H2,1H3,(H,24,27). The van der Waals surface area contributed by atoms with Crippen molar-refractivity contribution < 1.29 is 9.53 Å². The quantitative estimate of drug-likeness (QED) is 0.473. The number of imidazole rings is 1. The van der Waals surface area contributed by atoms with Crippen LogP contribution in [0, 0.1) is 0 Å². The van der Waals surface area contributed by atoms with E-state index < -0.39 is 0 Å². The molecular weight excluding hydrogens is 418 g/mol. The van der Waals surface area contributed by atoms with E-state index in [4.69, 9.17) is 9.72 Å². The Morgan fingerprint density at radius 1 is 1.07 bits per heavy atom. The highest BCUT2D eigenvalue weighted by atomic mass is 79.9. The number of rotatable bonds is 5. The molecule has 1 amide bonds. The molecular formula is C22H18BrN3O2. The van der Waals surface area contributed by atoms with Crippen LogP contribution in [0.2, 0.25) is 0 Å². The third-order valence-electron chi connectivity index (χ3n) is 4.39. The summed E-state index contributed by atoms with van der Waals surface area (Å²) < 4.78 is 8.18.